The maximum atomic E-state index is 11.7. The maximum absolute atomic E-state index is 11.7. The Hall–Kier alpha value is -0.340. The quantitative estimate of drug-likeness (QED) is 0.740. The highest BCUT2D eigenvalue weighted by Crippen LogP contribution is 2.20. The molecule has 1 aromatic rings. The van der Waals surface area contributed by atoms with Crippen molar-refractivity contribution in [2.24, 2.45) is 0 Å². The van der Waals surface area contributed by atoms with Gasteiger partial charge in [0.05, 0.1) is 4.83 Å². The first-order chi connectivity index (χ1) is 7.54. The van der Waals surface area contributed by atoms with Crippen molar-refractivity contribution in [3.8, 4) is 0 Å². The number of carbonyl (C=O) groups excluding carboxylic acids is 1. The number of alkyl halides is 1. The molecule has 0 spiro atoms. The molecule has 0 aromatic heterocycles. The number of aryl methyl sites for hydroxylation is 1. The summed E-state index contributed by atoms with van der Waals surface area (Å²) >= 11 is 9.39. The largest absolute Gasteiger partial charge is 0.298 e. The summed E-state index contributed by atoms with van der Waals surface area (Å²) < 4.78 is 0. The zero-order valence-electron chi connectivity index (χ0n) is 9.59. The van der Waals surface area contributed by atoms with Crippen molar-refractivity contribution in [3.63, 3.8) is 0 Å². The molecule has 0 N–H and O–H groups in total. The minimum Gasteiger partial charge on any atom is -0.298 e. The molecule has 0 aliphatic carbocycles. The predicted octanol–water partition coefficient (Wildman–Crippen LogP) is 4.32. The van der Waals surface area contributed by atoms with E-state index in [1.165, 1.54) is 5.56 Å². The average Bonchev–Trinajstić information content (AvgIpc) is 2.23. The van der Waals surface area contributed by atoms with Gasteiger partial charge >= 0.3 is 0 Å². The molecule has 0 aliphatic heterocycles. The number of halogens is 2. The maximum Gasteiger partial charge on any atom is 0.146 e. The van der Waals surface area contributed by atoms with Gasteiger partial charge in [0.25, 0.3) is 0 Å². The molecule has 1 aromatic carbocycles. The van der Waals surface area contributed by atoms with Crippen molar-refractivity contribution < 1.29 is 4.79 Å². The van der Waals surface area contributed by atoms with Crippen LogP contribution in [0.3, 0.4) is 0 Å². The van der Waals surface area contributed by atoms with Gasteiger partial charge in [-0.1, -0.05) is 40.5 Å². The van der Waals surface area contributed by atoms with Crippen LogP contribution < -0.4 is 0 Å². The number of benzene rings is 1. The van der Waals surface area contributed by atoms with Gasteiger partial charge in [-0.3, -0.25) is 4.79 Å². The van der Waals surface area contributed by atoms with Crippen LogP contribution in [0.1, 0.15) is 30.9 Å². The molecule has 0 heterocycles. The van der Waals surface area contributed by atoms with Crippen LogP contribution in [-0.4, -0.2) is 10.6 Å². The van der Waals surface area contributed by atoms with Gasteiger partial charge in [0.15, 0.2) is 0 Å². The lowest BCUT2D eigenvalue weighted by Gasteiger charge is -2.11. The molecule has 0 aliphatic rings. The lowest BCUT2D eigenvalue weighted by atomic mass is 10.0. The monoisotopic (exact) mass is 302 g/mol. The van der Waals surface area contributed by atoms with Crippen LogP contribution in [0.5, 0.6) is 0 Å². The van der Waals surface area contributed by atoms with Gasteiger partial charge in [0, 0.05) is 11.4 Å². The summed E-state index contributed by atoms with van der Waals surface area (Å²) in [6, 6.07) is 5.80. The molecule has 0 bridgehead atoms. The van der Waals surface area contributed by atoms with Gasteiger partial charge in [-0.15, -0.1) is 0 Å². The molecule has 1 rings (SSSR count). The van der Waals surface area contributed by atoms with Crippen LogP contribution in [0.4, 0.5) is 0 Å². The van der Waals surface area contributed by atoms with Gasteiger partial charge in [-0.25, -0.2) is 0 Å². The van der Waals surface area contributed by atoms with Gasteiger partial charge in [0.2, 0.25) is 0 Å². The van der Waals surface area contributed by atoms with Crippen LogP contribution in [0, 0.1) is 6.92 Å². The predicted molar refractivity (Wildman–Crippen MR) is 72.5 cm³/mol. The Kier molecular flexibility index (Phi) is 5.50. The highest BCUT2D eigenvalue weighted by molar-refractivity contribution is 9.10. The average molecular weight is 304 g/mol. The number of Topliss-reactive ketones (excluding diaryl/α,β-unsaturated/α-hetero) is 1. The molecule has 1 unspecified atom stereocenters. The second kappa shape index (κ2) is 6.41. The normalized spacial score (nSPS) is 12.5. The Labute approximate surface area is 110 Å². The SMILES string of the molecule is CCCC(=O)C(Br)Cc1cc(Cl)ccc1C. The molecule has 0 fully saturated rings. The van der Waals surface area contributed by atoms with E-state index in [0.717, 1.165) is 17.0 Å². The molecule has 0 saturated carbocycles. The Morgan fingerprint density at radius 3 is 2.81 bits per heavy atom. The molecule has 0 amide bonds. The Bertz CT molecular complexity index is 376. The van der Waals surface area contributed by atoms with Gasteiger partial charge in [-0.2, -0.15) is 0 Å². The second-order valence-electron chi connectivity index (χ2n) is 3.96. The van der Waals surface area contributed by atoms with E-state index >= 15 is 0 Å². The number of hydrogen-bond donors (Lipinski definition) is 0. The van der Waals surface area contributed by atoms with Crippen LogP contribution in [0.25, 0.3) is 0 Å². The minimum absolute atomic E-state index is 0.0929. The Balaban J connectivity index is 2.72. The molecular weight excluding hydrogens is 287 g/mol. The zero-order valence-corrected chi connectivity index (χ0v) is 11.9. The Morgan fingerprint density at radius 2 is 2.19 bits per heavy atom. The summed E-state index contributed by atoms with van der Waals surface area (Å²) in [5, 5.41) is 0.725. The highest BCUT2D eigenvalue weighted by atomic mass is 79.9. The smallest absolute Gasteiger partial charge is 0.146 e. The first kappa shape index (κ1) is 13.7. The van der Waals surface area contributed by atoms with Crippen LogP contribution >= 0.6 is 27.5 Å². The summed E-state index contributed by atoms with van der Waals surface area (Å²) in [6.45, 7) is 4.05. The van der Waals surface area contributed by atoms with Gasteiger partial charge < -0.3 is 0 Å². The number of rotatable bonds is 5. The van der Waals surface area contributed by atoms with Crippen LogP contribution in [0.15, 0.2) is 18.2 Å². The molecule has 16 heavy (non-hydrogen) atoms. The molecule has 88 valence electrons. The van der Waals surface area contributed by atoms with Crippen LogP contribution in [-0.2, 0) is 11.2 Å². The fourth-order valence-electron chi connectivity index (χ4n) is 1.57. The third-order valence-corrected chi connectivity index (χ3v) is 3.63. The molecule has 1 atom stereocenters. The van der Waals surface area contributed by atoms with Crippen molar-refractivity contribution in [1.29, 1.82) is 0 Å². The van der Waals surface area contributed by atoms with E-state index in [4.69, 9.17) is 11.6 Å². The van der Waals surface area contributed by atoms with Crippen molar-refractivity contribution in [2.45, 2.75) is 37.9 Å². The van der Waals surface area contributed by atoms with Crippen molar-refractivity contribution in [2.75, 3.05) is 0 Å². The van der Waals surface area contributed by atoms with E-state index in [1.54, 1.807) is 0 Å². The summed E-state index contributed by atoms with van der Waals surface area (Å²) in [5.74, 6) is 0.266. The van der Waals surface area contributed by atoms with Crippen molar-refractivity contribution in [3.05, 3.63) is 34.3 Å². The fourth-order valence-corrected chi connectivity index (χ4v) is 2.34. The lowest BCUT2D eigenvalue weighted by Crippen LogP contribution is -2.16. The fraction of sp³-hybridized carbons (Fsp3) is 0.462. The van der Waals surface area contributed by atoms with E-state index in [1.807, 2.05) is 32.0 Å². The van der Waals surface area contributed by atoms with Crippen molar-refractivity contribution in [1.82, 2.24) is 0 Å². The summed E-state index contributed by atoms with van der Waals surface area (Å²) in [5.41, 5.74) is 2.32. The third kappa shape index (κ3) is 3.91. The molecule has 0 radical (unpaired) electrons. The summed E-state index contributed by atoms with van der Waals surface area (Å²) in [7, 11) is 0. The first-order valence-electron chi connectivity index (χ1n) is 5.46. The minimum atomic E-state index is -0.0929. The number of carbonyl (C=O) groups is 1. The van der Waals surface area contributed by atoms with E-state index in [0.29, 0.717) is 12.8 Å². The molecule has 1 nitrogen and oxygen atoms in total. The summed E-state index contributed by atoms with van der Waals surface area (Å²) in [6.07, 6.45) is 2.25. The van der Waals surface area contributed by atoms with E-state index in [-0.39, 0.29) is 10.6 Å². The highest BCUT2D eigenvalue weighted by Gasteiger charge is 2.15. The molecule has 0 saturated heterocycles. The number of ketones is 1. The standard InChI is InChI=1S/C13H16BrClO/c1-3-4-13(16)12(14)8-10-7-11(15)6-5-9(10)2/h5-7,12H,3-4,8H2,1-2H3. The Morgan fingerprint density at radius 1 is 1.50 bits per heavy atom. The lowest BCUT2D eigenvalue weighted by molar-refractivity contribution is -0.118. The third-order valence-electron chi connectivity index (χ3n) is 2.56. The van der Waals surface area contributed by atoms with Gasteiger partial charge in [-0.05, 0) is 43.0 Å². The number of hydrogen-bond acceptors (Lipinski definition) is 1. The zero-order chi connectivity index (χ0) is 12.1. The van der Waals surface area contributed by atoms with Crippen LogP contribution in [0.2, 0.25) is 5.02 Å². The second-order valence-corrected chi connectivity index (χ2v) is 5.50. The molecular formula is C13H16BrClO. The van der Waals surface area contributed by atoms with E-state index in [2.05, 4.69) is 15.9 Å². The van der Waals surface area contributed by atoms with E-state index < -0.39 is 0 Å². The van der Waals surface area contributed by atoms with Gasteiger partial charge in [0.1, 0.15) is 5.78 Å². The first-order valence-corrected chi connectivity index (χ1v) is 6.75. The van der Waals surface area contributed by atoms with E-state index in [9.17, 15) is 4.79 Å². The summed E-state index contributed by atoms with van der Waals surface area (Å²) in [4.78, 5) is 11.6. The molecule has 3 heteroatoms. The topological polar surface area (TPSA) is 17.1 Å². The van der Waals surface area contributed by atoms with Crippen molar-refractivity contribution >= 4 is 33.3 Å².